The molecule has 0 bridgehead atoms. The molecule has 1 aliphatic carbocycles. The highest BCUT2D eigenvalue weighted by atomic mass is 15.3. The number of nitrogens with zero attached hydrogens (tertiary/aromatic N) is 4. The monoisotopic (exact) mass is 391 g/mol. The summed E-state index contributed by atoms with van der Waals surface area (Å²) in [6.45, 7) is 4.52. The van der Waals surface area contributed by atoms with Crippen molar-refractivity contribution >= 4 is 11.8 Å². The Morgan fingerprint density at radius 3 is 2.59 bits per heavy atom. The van der Waals surface area contributed by atoms with E-state index in [4.69, 9.17) is 4.98 Å². The Bertz CT molecular complexity index is 814. The fourth-order valence-electron chi connectivity index (χ4n) is 5.30. The second-order valence-electron chi connectivity index (χ2n) is 8.93. The topological polar surface area (TPSA) is 44.3 Å². The Hall–Kier alpha value is -2.14. The lowest BCUT2D eigenvalue weighted by atomic mass is 9.88. The van der Waals surface area contributed by atoms with Gasteiger partial charge in [-0.1, -0.05) is 37.1 Å². The summed E-state index contributed by atoms with van der Waals surface area (Å²) >= 11 is 0. The summed E-state index contributed by atoms with van der Waals surface area (Å²) in [5.41, 5.74) is 3.10. The van der Waals surface area contributed by atoms with Gasteiger partial charge in [-0.05, 0) is 55.7 Å². The number of aryl methyl sites for hydroxylation is 1. The second kappa shape index (κ2) is 8.70. The molecule has 2 unspecified atom stereocenters. The van der Waals surface area contributed by atoms with Crippen LogP contribution in [0.1, 0.15) is 49.7 Å². The molecule has 3 aliphatic rings. The third-order valence-corrected chi connectivity index (χ3v) is 6.96. The highest BCUT2D eigenvalue weighted by molar-refractivity contribution is 5.43. The number of hydrogen-bond donors (Lipinski definition) is 1. The smallest absolute Gasteiger partial charge is 0.224 e. The van der Waals surface area contributed by atoms with Crippen molar-refractivity contribution < 1.29 is 0 Å². The van der Waals surface area contributed by atoms with Crippen LogP contribution in [0, 0.1) is 0 Å². The summed E-state index contributed by atoms with van der Waals surface area (Å²) < 4.78 is 0. The van der Waals surface area contributed by atoms with E-state index in [9.17, 15) is 0 Å². The van der Waals surface area contributed by atoms with E-state index in [2.05, 4.69) is 50.4 Å². The lowest BCUT2D eigenvalue weighted by Gasteiger charge is -2.32. The lowest BCUT2D eigenvalue weighted by Crippen LogP contribution is -2.39. The van der Waals surface area contributed by atoms with Gasteiger partial charge in [0, 0.05) is 44.5 Å². The molecule has 0 amide bonds. The highest BCUT2D eigenvalue weighted by Crippen LogP contribution is 2.27. The van der Waals surface area contributed by atoms with Gasteiger partial charge < -0.3 is 10.2 Å². The van der Waals surface area contributed by atoms with Gasteiger partial charge in [-0.25, -0.2) is 4.98 Å². The number of anilines is 2. The molecule has 1 aromatic carbocycles. The molecule has 5 heteroatoms. The van der Waals surface area contributed by atoms with Gasteiger partial charge >= 0.3 is 0 Å². The average molecular weight is 392 g/mol. The van der Waals surface area contributed by atoms with Crippen LogP contribution in [0.25, 0.3) is 0 Å². The second-order valence-corrected chi connectivity index (χ2v) is 8.93. The molecule has 2 saturated heterocycles. The van der Waals surface area contributed by atoms with Gasteiger partial charge in [0.15, 0.2) is 0 Å². The Labute approximate surface area is 174 Å². The first-order valence-electron chi connectivity index (χ1n) is 11.5. The first kappa shape index (κ1) is 18.9. The van der Waals surface area contributed by atoms with E-state index in [0.29, 0.717) is 12.1 Å². The van der Waals surface area contributed by atoms with Gasteiger partial charge in [0.2, 0.25) is 5.95 Å². The minimum absolute atomic E-state index is 0.451. The zero-order valence-corrected chi connectivity index (χ0v) is 17.4. The molecule has 1 N–H and O–H groups in total. The van der Waals surface area contributed by atoms with Crippen molar-refractivity contribution in [2.45, 2.75) is 63.5 Å². The van der Waals surface area contributed by atoms with Crippen LogP contribution < -0.4 is 10.2 Å². The molecule has 2 aliphatic heterocycles. The summed E-state index contributed by atoms with van der Waals surface area (Å²) in [6.07, 6.45) is 12.0. The fourth-order valence-corrected chi connectivity index (χ4v) is 5.30. The maximum Gasteiger partial charge on any atom is 0.224 e. The van der Waals surface area contributed by atoms with Crippen molar-refractivity contribution in [2.75, 3.05) is 36.4 Å². The molecule has 1 aromatic heterocycles. The summed E-state index contributed by atoms with van der Waals surface area (Å²) in [7, 11) is 0. The average Bonchev–Trinajstić information content (AvgIpc) is 3.05. The maximum absolute atomic E-state index is 4.85. The van der Waals surface area contributed by atoms with Gasteiger partial charge in [0.1, 0.15) is 5.82 Å². The Morgan fingerprint density at radius 2 is 1.72 bits per heavy atom. The number of nitrogens with one attached hydrogen (secondary N) is 1. The molecular weight excluding hydrogens is 358 g/mol. The number of rotatable bonds is 4. The van der Waals surface area contributed by atoms with E-state index in [-0.39, 0.29) is 0 Å². The first-order chi connectivity index (χ1) is 14.3. The minimum atomic E-state index is 0.451. The van der Waals surface area contributed by atoms with Crippen molar-refractivity contribution in [1.29, 1.82) is 0 Å². The van der Waals surface area contributed by atoms with Gasteiger partial charge in [-0.2, -0.15) is 4.98 Å². The molecule has 5 nitrogen and oxygen atoms in total. The van der Waals surface area contributed by atoms with Gasteiger partial charge in [0.05, 0.1) is 0 Å². The third-order valence-electron chi connectivity index (χ3n) is 6.96. The summed E-state index contributed by atoms with van der Waals surface area (Å²) in [4.78, 5) is 14.5. The minimum Gasteiger partial charge on any atom is -0.356 e. The van der Waals surface area contributed by atoms with Gasteiger partial charge in [-0.3, -0.25) is 4.90 Å². The normalized spacial score (nSPS) is 25.4. The highest BCUT2D eigenvalue weighted by Gasteiger charge is 2.30. The van der Waals surface area contributed by atoms with Crippen molar-refractivity contribution in [1.82, 2.24) is 14.9 Å². The van der Waals surface area contributed by atoms with E-state index in [1.54, 1.807) is 11.1 Å². The van der Waals surface area contributed by atoms with Gasteiger partial charge in [-0.15, -0.1) is 0 Å². The Kier molecular flexibility index (Phi) is 5.66. The van der Waals surface area contributed by atoms with Gasteiger partial charge in [0.25, 0.3) is 0 Å². The molecule has 5 rings (SSSR count). The first-order valence-corrected chi connectivity index (χ1v) is 11.5. The van der Waals surface area contributed by atoms with Crippen LogP contribution in [-0.4, -0.2) is 53.1 Å². The van der Waals surface area contributed by atoms with Crippen LogP contribution in [0.5, 0.6) is 0 Å². The van der Waals surface area contributed by atoms with Crippen LogP contribution in [0.15, 0.2) is 36.5 Å². The predicted molar refractivity (Wildman–Crippen MR) is 119 cm³/mol. The molecule has 154 valence electrons. The summed E-state index contributed by atoms with van der Waals surface area (Å²) in [6, 6.07) is 12.2. The van der Waals surface area contributed by atoms with E-state index >= 15 is 0 Å². The standard InChI is InChI=1S/C24H33N5/c1-2-6-15-28(14-5-1)23-11-13-25-24(27-23)26-21-12-16-29(18-21)22-10-9-19-7-3-4-8-20(19)17-22/h3-4,7-8,11,13,21-22H,1-2,5-6,9-10,12,14-18H2,(H,25,26,27). The van der Waals surface area contributed by atoms with Crippen molar-refractivity contribution in [3.05, 3.63) is 47.7 Å². The Morgan fingerprint density at radius 1 is 0.897 bits per heavy atom. The van der Waals surface area contributed by atoms with E-state index in [1.165, 1.54) is 57.9 Å². The maximum atomic E-state index is 4.85. The van der Waals surface area contributed by atoms with Crippen LogP contribution in [0.2, 0.25) is 0 Å². The molecular formula is C24H33N5. The number of hydrogen-bond acceptors (Lipinski definition) is 5. The number of aromatic nitrogens is 2. The number of fused-ring (bicyclic) bond motifs is 1. The number of benzene rings is 1. The van der Waals surface area contributed by atoms with Crippen molar-refractivity contribution in [3.8, 4) is 0 Å². The largest absolute Gasteiger partial charge is 0.356 e. The van der Waals surface area contributed by atoms with E-state index in [1.807, 2.05) is 6.20 Å². The summed E-state index contributed by atoms with van der Waals surface area (Å²) in [5.74, 6) is 1.88. The zero-order valence-electron chi connectivity index (χ0n) is 17.4. The van der Waals surface area contributed by atoms with Crippen molar-refractivity contribution in [2.24, 2.45) is 0 Å². The molecule has 2 atom stereocenters. The zero-order chi connectivity index (χ0) is 19.5. The number of likely N-dealkylation sites (tertiary alicyclic amines) is 1. The molecule has 2 fully saturated rings. The molecule has 2 aromatic rings. The van der Waals surface area contributed by atoms with Crippen LogP contribution in [0.3, 0.4) is 0 Å². The Balaban J connectivity index is 1.19. The molecule has 0 spiro atoms. The molecule has 29 heavy (non-hydrogen) atoms. The van der Waals surface area contributed by atoms with Crippen LogP contribution in [-0.2, 0) is 12.8 Å². The van der Waals surface area contributed by atoms with E-state index < -0.39 is 0 Å². The van der Waals surface area contributed by atoms with E-state index in [0.717, 1.165) is 31.4 Å². The predicted octanol–water partition coefficient (Wildman–Crippen LogP) is 3.90. The van der Waals surface area contributed by atoms with Crippen molar-refractivity contribution in [3.63, 3.8) is 0 Å². The quantitative estimate of drug-likeness (QED) is 0.856. The third kappa shape index (κ3) is 4.40. The molecule has 3 heterocycles. The molecule has 0 radical (unpaired) electrons. The lowest BCUT2D eigenvalue weighted by molar-refractivity contribution is 0.220. The fraction of sp³-hybridized carbons (Fsp3) is 0.583. The van der Waals surface area contributed by atoms with Crippen LogP contribution >= 0.6 is 0 Å². The SMILES string of the molecule is c1ccc2c(c1)CCC(N1CCC(Nc3nccc(N4CCCCCC4)n3)C1)C2. The van der Waals surface area contributed by atoms with Crippen LogP contribution in [0.4, 0.5) is 11.8 Å². The molecule has 0 saturated carbocycles. The summed E-state index contributed by atoms with van der Waals surface area (Å²) in [5, 5.41) is 3.63.